The molecule has 5 N–H and O–H groups in total. The van der Waals surface area contributed by atoms with Crippen LogP contribution in [0.15, 0.2) is 11.6 Å². The Morgan fingerprint density at radius 1 is 0.974 bits per heavy atom. The van der Waals surface area contributed by atoms with Crippen LogP contribution < -0.4 is 0 Å². The minimum atomic E-state index is -1.43. The summed E-state index contributed by atoms with van der Waals surface area (Å²) in [5.41, 5.74) is -2.86. The summed E-state index contributed by atoms with van der Waals surface area (Å²) in [4.78, 5) is 24.8. The predicted molar refractivity (Wildman–Crippen MR) is 135 cm³/mol. The Hall–Kier alpha value is -1.40. The second kappa shape index (κ2) is 9.31. The van der Waals surface area contributed by atoms with Crippen LogP contribution in [0.5, 0.6) is 0 Å². The lowest BCUT2D eigenvalue weighted by Gasteiger charge is -2.65. The Balaban J connectivity index is 1.22. The van der Waals surface area contributed by atoms with Crippen LogP contribution in [0, 0.1) is 28.6 Å². The van der Waals surface area contributed by atoms with Crippen LogP contribution >= 0.6 is 0 Å². The third kappa shape index (κ3) is 3.78. The maximum atomic E-state index is 13.0. The monoisotopic (exact) mass is 550 g/mol. The minimum Gasteiger partial charge on any atom is -0.458 e. The second-order valence-electron chi connectivity index (χ2n) is 13.4. The van der Waals surface area contributed by atoms with Gasteiger partial charge in [0.05, 0.1) is 28.8 Å². The largest absolute Gasteiger partial charge is 0.458 e. The number of aliphatic hydroxyl groups is 5. The van der Waals surface area contributed by atoms with Gasteiger partial charge in [-0.05, 0) is 81.6 Å². The molecule has 0 amide bonds. The lowest BCUT2D eigenvalue weighted by atomic mass is 9.41. The Morgan fingerprint density at radius 2 is 1.72 bits per heavy atom. The quantitative estimate of drug-likeness (QED) is 0.192. The molecule has 0 bridgehead atoms. The van der Waals surface area contributed by atoms with Gasteiger partial charge in [0.1, 0.15) is 31.2 Å². The average molecular weight is 551 g/mol. The smallest absolute Gasteiger partial charge is 0.331 e. The lowest BCUT2D eigenvalue weighted by molar-refractivity contribution is -0.317. The molecule has 39 heavy (non-hydrogen) atoms. The van der Waals surface area contributed by atoms with E-state index in [-0.39, 0.29) is 36.8 Å². The van der Waals surface area contributed by atoms with Gasteiger partial charge in [-0.2, -0.15) is 0 Å². The number of ether oxygens (including phenoxy) is 3. The zero-order valence-electron chi connectivity index (χ0n) is 22.7. The summed E-state index contributed by atoms with van der Waals surface area (Å²) in [6.07, 6.45) is 0.689. The number of esters is 1. The zero-order chi connectivity index (χ0) is 28.0. The minimum absolute atomic E-state index is 0.0465. The highest BCUT2D eigenvalue weighted by molar-refractivity contribution is 5.85. The van der Waals surface area contributed by atoms with Crippen molar-refractivity contribution in [2.75, 3.05) is 6.61 Å². The van der Waals surface area contributed by atoms with Gasteiger partial charge in [0.15, 0.2) is 6.29 Å². The third-order valence-electron chi connectivity index (χ3n) is 12.0. The maximum absolute atomic E-state index is 13.0. The van der Waals surface area contributed by atoms with Crippen molar-refractivity contribution in [1.29, 1.82) is 0 Å². The number of carbonyl (C=O) groups is 2. The summed E-state index contributed by atoms with van der Waals surface area (Å²) in [7, 11) is 0. The molecule has 0 unspecified atom stereocenters. The van der Waals surface area contributed by atoms with E-state index in [9.17, 15) is 35.1 Å². The highest BCUT2D eigenvalue weighted by Gasteiger charge is 2.71. The zero-order valence-corrected chi connectivity index (χ0v) is 22.7. The number of aliphatic hydroxyl groups excluding tert-OH is 3. The molecule has 2 aliphatic heterocycles. The summed E-state index contributed by atoms with van der Waals surface area (Å²) < 4.78 is 16.9. The van der Waals surface area contributed by atoms with Crippen LogP contribution in [0.25, 0.3) is 0 Å². The lowest BCUT2D eigenvalue weighted by Crippen LogP contribution is -2.69. The summed E-state index contributed by atoms with van der Waals surface area (Å²) >= 11 is 0. The second-order valence-corrected chi connectivity index (χ2v) is 13.4. The molecular weight excluding hydrogens is 508 g/mol. The first-order valence-electron chi connectivity index (χ1n) is 14.5. The normalized spacial score (nSPS) is 55.2. The fourth-order valence-corrected chi connectivity index (χ4v) is 9.75. The molecule has 0 radical (unpaired) electrons. The van der Waals surface area contributed by atoms with Crippen molar-refractivity contribution in [1.82, 2.24) is 0 Å². The highest BCUT2D eigenvalue weighted by atomic mass is 16.7. The fourth-order valence-electron chi connectivity index (χ4n) is 9.75. The van der Waals surface area contributed by atoms with Crippen molar-refractivity contribution >= 4 is 12.3 Å². The molecule has 4 saturated carbocycles. The molecule has 10 heteroatoms. The van der Waals surface area contributed by atoms with Gasteiger partial charge in [0.25, 0.3) is 0 Å². The van der Waals surface area contributed by atoms with Gasteiger partial charge in [-0.25, -0.2) is 4.79 Å². The van der Waals surface area contributed by atoms with Crippen LogP contribution in [-0.2, 0) is 23.8 Å². The molecule has 13 atom stereocenters. The van der Waals surface area contributed by atoms with E-state index in [1.165, 1.54) is 0 Å². The molecule has 0 aromatic carbocycles. The number of carbonyl (C=O) groups excluding carboxylic acids is 2. The number of fused-ring (bicyclic) bond motifs is 5. The van der Waals surface area contributed by atoms with Crippen LogP contribution in [-0.4, -0.2) is 92.4 Å². The number of cyclic esters (lactones) is 1. The van der Waals surface area contributed by atoms with Crippen LogP contribution in [0.3, 0.4) is 0 Å². The number of hydrogen-bond donors (Lipinski definition) is 5. The van der Waals surface area contributed by atoms with Crippen LogP contribution in [0.1, 0.15) is 71.6 Å². The summed E-state index contributed by atoms with van der Waals surface area (Å²) in [6, 6.07) is 0. The van der Waals surface area contributed by atoms with E-state index < -0.39 is 58.8 Å². The molecular formula is C29H42O10. The van der Waals surface area contributed by atoms with Crippen molar-refractivity contribution in [3.8, 4) is 0 Å². The third-order valence-corrected chi connectivity index (χ3v) is 12.0. The van der Waals surface area contributed by atoms with E-state index in [0.29, 0.717) is 44.9 Å². The van der Waals surface area contributed by atoms with E-state index in [4.69, 9.17) is 14.2 Å². The summed E-state index contributed by atoms with van der Waals surface area (Å²) in [6.45, 7) is 3.98. The SMILES string of the molecule is C[C@@H]1O[C@@H](O[C@@H]2CC[C@]3(C=O)[C@H]4CC[C@]5(C)[C@@H](C6=CC(=O)OC6)CC[C@@]5(O)[C@@H]4CC[C@]3(O)C2)[C@@H](O)[C@@H](O)[C@H]1O. The van der Waals surface area contributed by atoms with E-state index in [1.807, 2.05) is 0 Å². The average Bonchev–Trinajstić information content (AvgIpc) is 3.45. The number of aldehydes is 1. The standard InChI is InChI=1S/C29H42O10/c1-15-22(32)23(33)24(34)25(38-15)39-17-3-8-27(14-30)19-4-7-26(2)18(16-11-21(31)37-13-16)6-10-29(26,36)20(19)5-9-28(27,35)12-17/h11,14-15,17-20,22-25,32-36H,3-10,12-13H2,1-2H3/t15-,17+,18+,19-,20+,22-,23-,24-,25-,26+,27-,28-,29+/m0/s1. The van der Waals surface area contributed by atoms with Gasteiger partial charge in [0.2, 0.25) is 0 Å². The molecule has 1 saturated heterocycles. The first-order chi connectivity index (χ1) is 18.4. The van der Waals surface area contributed by atoms with Gasteiger partial charge in [0, 0.05) is 17.9 Å². The molecule has 0 aromatic rings. The Bertz CT molecular complexity index is 1050. The van der Waals surface area contributed by atoms with Gasteiger partial charge < -0.3 is 44.5 Å². The van der Waals surface area contributed by atoms with E-state index in [2.05, 4.69) is 6.92 Å². The Morgan fingerprint density at radius 3 is 2.41 bits per heavy atom. The first-order valence-corrected chi connectivity index (χ1v) is 14.5. The van der Waals surface area contributed by atoms with Gasteiger partial charge in [-0.1, -0.05) is 6.92 Å². The molecule has 0 spiro atoms. The molecule has 6 aliphatic rings. The van der Waals surface area contributed by atoms with Crippen molar-refractivity contribution in [2.24, 2.45) is 28.6 Å². The van der Waals surface area contributed by atoms with Crippen LogP contribution in [0.2, 0.25) is 0 Å². The van der Waals surface area contributed by atoms with Gasteiger partial charge in [-0.15, -0.1) is 0 Å². The topological polar surface area (TPSA) is 163 Å². The molecule has 0 aromatic heterocycles. The molecule has 2 heterocycles. The summed E-state index contributed by atoms with van der Waals surface area (Å²) in [5.74, 6) is -0.616. The molecule has 218 valence electrons. The van der Waals surface area contributed by atoms with Crippen molar-refractivity contribution in [3.05, 3.63) is 11.6 Å². The number of rotatable bonds is 4. The molecule has 4 aliphatic carbocycles. The molecule has 10 nitrogen and oxygen atoms in total. The Kier molecular flexibility index (Phi) is 6.62. The first kappa shape index (κ1) is 27.8. The predicted octanol–water partition coefficient (Wildman–Crippen LogP) is 0.750. The van der Waals surface area contributed by atoms with E-state index in [0.717, 1.165) is 18.3 Å². The fraction of sp³-hybridized carbons (Fsp3) is 0.862. The highest BCUT2D eigenvalue weighted by Crippen LogP contribution is 2.70. The van der Waals surface area contributed by atoms with Crippen molar-refractivity contribution in [2.45, 2.75) is 120 Å². The van der Waals surface area contributed by atoms with Gasteiger partial charge >= 0.3 is 5.97 Å². The van der Waals surface area contributed by atoms with E-state index in [1.54, 1.807) is 13.0 Å². The van der Waals surface area contributed by atoms with Crippen molar-refractivity contribution < 1.29 is 49.3 Å². The Labute approximate surface area is 228 Å². The van der Waals surface area contributed by atoms with E-state index >= 15 is 0 Å². The molecule has 5 fully saturated rings. The van der Waals surface area contributed by atoms with Gasteiger partial charge in [-0.3, -0.25) is 0 Å². The van der Waals surface area contributed by atoms with Crippen LogP contribution in [0.4, 0.5) is 0 Å². The number of hydrogen-bond acceptors (Lipinski definition) is 10. The van der Waals surface area contributed by atoms with Crippen molar-refractivity contribution in [3.63, 3.8) is 0 Å². The maximum Gasteiger partial charge on any atom is 0.331 e. The molecule has 6 rings (SSSR count). The summed E-state index contributed by atoms with van der Waals surface area (Å²) in [5, 5.41) is 55.0.